The van der Waals surface area contributed by atoms with E-state index in [-0.39, 0.29) is 11.4 Å². The topological polar surface area (TPSA) is 44.1 Å². The number of benzene rings is 1. The van der Waals surface area contributed by atoms with Gasteiger partial charge in [0.25, 0.3) is 0 Å². The average Bonchev–Trinajstić information content (AvgIpc) is 2.86. The lowest BCUT2D eigenvalue weighted by atomic mass is 9.95. The van der Waals surface area contributed by atoms with E-state index in [0.29, 0.717) is 12.1 Å². The molecule has 106 valence electrons. The van der Waals surface area contributed by atoms with Crippen molar-refractivity contribution in [2.75, 3.05) is 7.11 Å². The van der Waals surface area contributed by atoms with Crippen LogP contribution in [-0.4, -0.2) is 22.6 Å². The molecule has 2 rings (SSSR count). The summed E-state index contributed by atoms with van der Waals surface area (Å²) in [7, 11) is 1.39. The number of ether oxygens (including phenoxy) is 1. The van der Waals surface area contributed by atoms with E-state index in [4.69, 9.17) is 4.74 Å². The fourth-order valence-electron chi connectivity index (χ4n) is 2.19. The third-order valence-electron chi connectivity index (χ3n) is 3.09. The minimum absolute atomic E-state index is 0.0105. The molecule has 1 aromatic carbocycles. The third kappa shape index (κ3) is 3.07. The highest BCUT2D eigenvalue weighted by molar-refractivity contribution is 5.89. The summed E-state index contributed by atoms with van der Waals surface area (Å²) >= 11 is 0. The molecule has 0 amide bonds. The van der Waals surface area contributed by atoms with Crippen molar-refractivity contribution in [3.8, 4) is 0 Å². The monoisotopic (exact) mass is 272 g/mol. The number of nitrogens with zero attached hydrogens (tertiary/aromatic N) is 2. The van der Waals surface area contributed by atoms with Gasteiger partial charge in [-0.3, -0.25) is 0 Å². The number of esters is 1. The van der Waals surface area contributed by atoms with Gasteiger partial charge in [0, 0.05) is 24.4 Å². The van der Waals surface area contributed by atoms with Gasteiger partial charge in [0.15, 0.2) is 0 Å². The Morgan fingerprint density at radius 3 is 2.75 bits per heavy atom. The molecule has 4 heteroatoms. The molecule has 0 atom stereocenters. The molecule has 4 nitrogen and oxygen atoms in total. The van der Waals surface area contributed by atoms with Gasteiger partial charge >= 0.3 is 5.97 Å². The van der Waals surface area contributed by atoms with E-state index in [0.717, 1.165) is 11.4 Å². The number of carbonyl (C=O) groups excluding carboxylic acids is 1. The van der Waals surface area contributed by atoms with Gasteiger partial charge in [-0.2, -0.15) is 0 Å². The van der Waals surface area contributed by atoms with Crippen LogP contribution in [0.1, 0.15) is 42.5 Å². The predicted octanol–water partition coefficient (Wildman–Crippen LogP) is 3.02. The van der Waals surface area contributed by atoms with Crippen LogP contribution >= 0.6 is 0 Å². The summed E-state index contributed by atoms with van der Waals surface area (Å²) in [5, 5.41) is 0. The Morgan fingerprint density at radius 2 is 2.10 bits per heavy atom. The first-order valence-electron chi connectivity index (χ1n) is 6.60. The maximum Gasteiger partial charge on any atom is 0.337 e. The molecular formula is C16H20N2O2. The second-order valence-corrected chi connectivity index (χ2v) is 5.82. The highest BCUT2D eigenvalue weighted by atomic mass is 16.5. The molecule has 20 heavy (non-hydrogen) atoms. The molecule has 0 bridgehead atoms. The fourth-order valence-corrected chi connectivity index (χ4v) is 2.19. The number of hydrogen-bond donors (Lipinski definition) is 0. The van der Waals surface area contributed by atoms with E-state index >= 15 is 0 Å². The normalized spacial score (nSPS) is 11.4. The van der Waals surface area contributed by atoms with E-state index in [9.17, 15) is 4.79 Å². The minimum atomic E-state index is -0.312. The Balaban J connectivity index is 2.27. The van der Waals surface area contributed by atoms with Crippen LogP contribution < -0.4 is 0 Å². The fraction of sp³-hybridized carbons (Fsp3) is 0.375. The molecule has 2 aromatic rings. The maximum atomic E-state index is 11.6. The first kappa shape index (κ1) is 14.3. The van der Waals surface area contributed by atoms with Gasteiger partial charge in [0.1, 0.15) is 5.82 Å². The zero-order valence-electron chi connectivity index (χ0n) is 12.4. The summed E-state index contributed by atoms with van der Waals surface area (Å²) in [6.07, 6.45) is 3.77. The Morgan fingerprint density at radius 1 is 1.35 bits per heavy atom. The molecule has 0 saturated carbocycles. The van der Waals surface area contributed by atoms with Crippen molar-refractivity contribution in [2.45, 2.75) is 32.7 Å². The van der Waals surface area contributed by atoms with Crippen molar-refractivity contribution in [3.63, 3.8) is 0 Å². The summed E-state index contributed by atoms with van der Waals surface area (Å²) in [5.41, 5.74) is 1.61. The Labute approximate surface area is 119 Å². The molecule has 0 aliphatic carbocycles. The predicted molar refractivity (Wildman–Crippen MR) is 77.8 cm³/mol. The molecule has 0 aliphatic heterocycles. The largest absolute Gasteiger partial charge is 0.465 e. The molecular weight excluding hydrogens is 252 g/mol. The number of hydrogen-bond acceptors (Lipinski definition) is 3. The van der Waals surface area contributed by atoms with Crippen LogP contribution in [-0.2, 0) is 16.7 Å². The summed E-state index contributed by atoms with van der Waals surface area (Å²) in [6.45, 7) is 7.10. The van der Waals surface area contributed by atoms with Crippen molar-refractivity contribution in [1.82, 2.24) is 9.55 Å². The standard InChI is InChI=1S/C16H20N2O2/c1-16(2,3)15-17-8-9-18(15)11-12-6-5-7-13(10-12)14(19)20-4/h5-10H,11H2,1-4H3. The van der Waals surface area contributed by atoms with Crippen LogP contribution in [0, 0.1) is 0 Å². The maximum absolute atomic E-state index is 11.6. The minimum Gasteiger partial charge on any atom is -0.465 e. The molecule has 0 aliphatic rings. The molecule has 0 N–H and O–H groups in total. The molecule has 1 aromatic heterocycles. The lowest BCUT2D eigenvalue weighted by molar-refractivity contribution is 0.0600. The van der Waals surface area contributed by atoms with Crippen molar-refractivity contribution < 1.29 is 9.53 Å². The third-order valence-corrected chi connectivity index (χ3v) is 3.09. The van der Waals surface area contributed by atoms with Gasteiger partial charge < -0.3 is 9.30 Å². The van der Waals surface area contributed by atoms with Crippen LogP contribution in [0.2, 0.25) is 0 Å². The smallest absolute Gasteiger partial charge is 0.337 e. The second-order valence-electron chi connectivity index (χ2n) is 5.82. The van der Waals surface area contributed by atoms with Gasteiger partial charge in [-0.15, -0.1) is 0 Å². The lowest BCUT2D eigenvalue weighted by Crippen LogP contribution is -2.19. The van der Waals surface area contributed by atoms with Crippen molar-refractivity contribution >= 4 is 5.97 Å². The van der Waals surface area contributed by atoms with Crippen LogP contribution in [0.25, 0.3) is 0 Å². The lowest BCUT2D eigenvalue weighted by Gasteiger charge is -2.20. The van der Waals surface area contributed by atoms with Crippen LogP contribution in [0.4, 0.5) is 0 Å². The number of methoxy groups -OCH3 is 1. The first-order chi connectivity index (χ1) is 9.41. The number of aromatic nitrogens is 2. The average molecular weight is 272 g/mol. The first-order valence-corrected chi connectivity index (χ1v) is 6.60. The number of rotatable bonds is 3. The quantitative estimate of drug-likeness (QED) is 0.807. The molecule has 0 unspecified atom stereocenters. The Hall–Kier alpha value is -2.10. The van der Waals surface area contributed by atoms with Gasteiger partial charge in [-0.1, -0.05) is 32.9 Å². The van der Waals surface area contributed by atoms with Gasteiger partial charge in [-0.25, -0.2) is 9.78 Å². The van der Waals surface area contributed by atoms with E-state index in [2.05, 4.69) is 30.3 Å². The van der Waals surface area contributed by atoms with Crippen LogP contribution in [0.5, 0.6) is 0 Å². The van der Waals surface area contributed by atoms with Gasteiger partial charge in [-0.05, 0) is 17.7 Å². The highest BCUT2D eigenvalue weighted by Crippen LogP contribution is 2.21. The zero-order valence-corrected chi connectivity index (χ0v) is 12.4. The van der Waals surface area contributed by atoms with Crippen LogP contribution in [0.15, 0.2) is 36.7 Å². The van der Waals surface area contributed by atoms with Crippen LogP contribution in [0.3, 0.4) is 0 Å². The van der Waals surface area contributed by atoms with E-state index in [1.165, 1.54) is 7.11 Å². The van der Waals surface area contributed by atoms with Crippen molar-refractivity contribution in [3.05, 3.63) is 53.6 Å². The molecule has 0 radical (unpaired) electrons. The highest BCUT2D eigenvalue weighted by Gasteiger charge is 2.19. The van der Waals surface area contributed by atoms with Crippen molar-refractivity contribution in [2.24, 2.45) is 0 Å². The van der Waals surface area contributed by atoms with E-state index < -0.39 is 0 Å². The summed E-state index contributed by atoms with van der Waals surface area (Å²) in [4.78, 5) is 16.0. The van der Waals surface area contributed by atoms with Gasteiger partial charge in [0.2, 0.25) is 0 Å². The second kappa shape index (κ2) is 5.49. The number of carbonyl (C=O) groups is 1. The molecule has 0 spiro atoms. The summed E-state index contributed by atoms with van der Waals surface area (Å²) < 4.78 is 6.85. The van der Waals surface area contributed by atoms with E-state index in [1.807, 2.05) is 30.6 Å². The van der Waals surface area contributed by atoms with Crippen molar-refractivity contribution in [1.29, 1.82) is 0 Å². The Bertz CT molecular complexity index is 609. The van der Waals surface area contributed by atoms with E-state index in [1.54, 1.807) is 6.07 Å². The summed E-state index contributed by atoms with van der Waals surface area (Å²) in [5.74, 6) is 0.717. The SMILES string of the molecule is COC(=O)c1cccc(Cn2ccnc2C(C)(C)C)c1. The summed E-state index contributed by atoms with van der Waals surface area (Å²) in [6, 6.07) is 7.49. The molecule has 0 fully saturated rings. The molecule has 1 heterocycles. The molecule has 0 saturated heterocycles. The zero-order chi connectivity index (χ0) is 14.8. The van der Waals surface area contributed by atoms with Gasteiger partial charge in [0.05, 0.1) is 12.7 Å². The Kier molecular flexibility index (Phi) is 3.93. The number of imidazole rings is 1.